The van der Waals surface area contributed by atoms with Crippen LogP contribution in [-0.4, -0.2) is 37.0 Å². The smallest absolute Gasteiger partial charge is 0.223 e. The third-order valence-corrected chi connectivity index (χ3v) is 3.09. The van der Waals surface area contributed by atoms with Gasteiger partial charge in [-0.2, -0.15) is 0 Å². The SMILES string of the molecule is CCC(C)NC(=O)C1CCN(C)CC1. The van der Waals surface area contributed by atoms with Gasteiger partial charge in [0.2, 0.25) is 5.91 Å². The summed E-state index contributed by atoms with van der Waals surface area (Å²) in [6, 6.07) is 0.321. The summed E-state index contributed by atoms with van der Waals surface area (Å²) in [5.41, 5.74) is 0. The van der Waals surface area contributed by atoms with Gasteiger partial charge in [-0.3, -0.25) is 4.79 Å². The Morgan fingerprint density at radius 2 is 2.07 bits per heavy atom. The number of nitrogens with one attached hydrogen (secondary N) is 1. The number of nitrogens with zero attached hydrogens (tertiary/aromatic N) is 1. The minimum absolute atomic E-state index is 0.250. The van der Waals surface area contributed by atoms with Crippen molar-refractivity contribution in [1.29, 1.82) is 0 Å². The summed E-state index contributed by atoms with van der Waals surface area (Å²) in [4.78, 5) is 14.0. The highest BCUT2D eigenvalue weighted by Crippen LogP contribution is 2.16. The van der Waals surface area contributed by atoms with E-state index in [0.717, 1.165) is 32.4 Å². The zero-order valence-corrected chi connectivity index (χ0v) is 9.55. The quantitative estimate of drug-likeness (QED) is 0.740. The summed E-state index contributed by atoms with van der Waals surface area (Å²) in [5, 5.41) is 3.06. The minimum atomic E-state index is 0.250. The average molecular weight is 198 g/mol. The van der Waals surface area contributed by atoms with Gasteiger partial charge in [0, 0.05) is 12.0 Å². The molecule has 1 aliphatic heterocycles. The largest absolute Gasteiger partial charge is 0.353 e. The van der Waals surface area contributed by atoms with Crippen LogP contribution in [0.3, 0.4) is 0 Å². The molecule has 14 heavy (non-hydrogen) atoms. The molecule has 1 atom stereocenters. The Hall–Kier alpha value is -0.570. The van der Waals surface area contributed by atoms with Gasteiger partial charge < -0.3 is 10.2 Å². The van der Waals surface area contributed by atoms with Crippen LogP contribution in [0.5, 0.6) is 0 Å². The summed E-state index contributed by atoms with van der Waals surface area (Å²) in [6.45, 7) is 6.27. The number of rotatable bonds is 3. The zero-order chi connectivity index (χ0) is 10.6. The van der Waals surface area contributed by atoms with Gasteiger partial charge >= 0.3 is 0 Å². The fourth-order valence-electron chi connectivity index (χ4n) is 1.73. The first-order valence-electron chi connectivity index (χ1n) is 5.62. The topological polar surface area (TPSA) is 32.3 Å². The predicted molar refractivity (Wildman–Crippen MR) is 58.1 cm³/mol. The van der Waals surface area contributed by atoms with Crippen molar-refractivity contribution >= 4 is 5.91 Å². The Kier molecular flexibility index (Phi) is 4.39. The van der Waals surface area contributed by atoms with E-state index in [2.05, 4.69) is 31.1 Å². The molecule has 0 radical (unpaired) electrons. The molecule has 0 aromatic carbocycles. The van der Waals surface area contributed by atoms with Gasteiger partial charge in [0.1, 0.15) is 0 Å². The number of carbonyl (C=O) groups is 1. The monoisotopic (exact) mass is 198 g/mol. The maximum absolute atomic E-state index is 11.7. The van der Waals surface area contributed by atoms with Crippen molar-refractivity contribution in [2.75, 3.05) is 20.1 Å². The molecule has 1 fully saturated rings. The molecule has 1 unspecified atom stereocenters. The first-order chi connectivity index (χ1) is 6.63. The number of carbonyl (C=O) groups excluding carboxylic acids is 1. The van der Waals surface area contributed by atoms with Crippen LogP contribution in [-0.2, 0) is 4.79 Å². The highest BCUT2D eigenvalue weighted by molar-refractivity contribution is 5.79. The Bertz CT molecular complexity index is 186. The van der Waals surface area contributed by atoms with Crippen molar-refractivity contribution in [1.82, 2.24) is 10.2 Å². The first-order valence-corrected chi connectivity index (χ1v) is 5.62. The molecular formula is C11H22N2O. The van der Waals surface area contributed by atoms with Crippen molar-refractivity contribution in [3.63, 3.8) is 0 Å². The normalized spacial score (nSPS) is 21.9. The van der Waals surface area contributed by atoms with Gasteiger partial charge in [0.15, 0.2) is 0 Å². The second-order valence-electron chi connectivity index (χ2n) is 4.40. The lowest BCUT2D eigenvalue weighted by Gasteiger charge is -2.28. The number of hydrogen-bond acceptors (Lipinski definition) is 2. The Morgan fingerprint density at radius 1 is 1.50 bits per heavy atom. The third-order valence-electron chi connectivity index (χ3n) is 3.09. The highest BCUT2D eigenvalue weighted by atomic mass is 16.1. The van der Waals surface area contributed by atoms with E-state index in [4.69, 9.17) is 0 Å². The first kappa shape index (κ1) is 11.5. The van der Waals surface area contributed by atoms with Gasteiger partial charge in [-0.15, -0.1) is 0 Å². The molecule has 82 valence electrons. The Balaban J connectivity index is 2.30. The maximum atomic E-state index is 11.7. The van der Waals surface area contributed by atoms with Crippen molar-refractivity contribution < 1.29 is 4.79 Å². The molecular weight excluding hydrogens is 176 g/mol. The average Bonchev–Trinajstić information content (AvgIpc) is 2.18. The molecule has 0 aliphatic carbocycles. The highest BCUT2D eigenvalue weighted by Gasteiger charge is 2.23. The Labute approximate surface area is 86.9 Å². The molecule has 0 spiro atoms. The summed E-state index contributed by atoms with van der Waals surface area (Å²) in [7, 11) is 2.11. The third kappa shape index (κ3) is 3.29. The molecule has 1 heterocycles. The summed E-state index contributed by atoms with van der Waals surface area (Å²) in [6.07, 6.45) is 3.04. The molecule has 1 rings (SSSR count). The second kappa shape index (κ2) is 5.35. The molecule has 1 saturated heterocycles. The lowest BCUT2D eigenvalue weighted by molar-refractivity contribution is -0.126. The van der Waals surface area contributed by atoms with Gasteiger partial charge in [-0.25, -0.2) is 0 Å². The van der Waals surface area contributed by atoms with Crippen LogP contribution in [0.15, 0.2) is 0 Å². The van der Waals surface area contributed by atoms with Gasteiger partial charge in [-0.1, -0.05) is 6.92 Å². The molecule has 1 amide bonds. The van der Waals surface area contributed by atoms with E-state index in [9.17, 15) is 4.79 Å². The molecule has 3 nitrogen and oxygen atoms in total. The molecule has 0 aromatic heterocycles. The van der Waals surface area contributed by atoms with Crippen LogP contribution in [0.1, 0.15) is 33.1 Å². The van der Waals surface area contributed by atoms with Crippen LogP contribution in [0.2, 0.25) is 0 Å². The van der Waals surface area contributed by atoms with Crippen LogP contribution in [0.25, 0.3) is 0 Å². The zero-order valence-electron chi connectivity index (χ0n) is 9.55. The van der Waals surface area contributed by atoms with Gasteiger partial charge in [0.05, 0.1) is 0 Å². The molecule has 0 saturated carbocycles. The van der Waals surface area contributed by atoms with Gasteiger partial charge in [-0.05, 0) is 46.3 Å². The standard InChI is InChI=1S/C11H22N2O/c1-4-9(2)12-11(14)10-5-7-13(3)8-6-10/h9-10H,4-8H2,1-3H3,(H,12,14). The van der Waals surface area contributed by atoms with Crippen molar-refractivity contribution in [2.45, 2.75) is 39.2 Å². The van der Waals surface area contributed by atoms with Crippen LogP contribution < -0.4 is 5.32 Å². The van der Waals surface area contributed by atoms with E-state index < -0.39 is 0 Å². The van der Waals surface area contributed by atoms with Crippen LogP contribution in [0.4, 0.5) is 0 Å². The van der Waals surface area contributed by atoms with E-state index in [1.165, 1.54) is 0 Å². The number of amides is 1. The fourth-order valence-corrected chi connectivity index (χ4v) is 1.73. The van der Waals surface area contributed by atoms with Crippen molar-refractivity contribution in [3.8, 4) is 0 Å². The van der Waals surface area contributed by atoms with Crippen LogP contribution in [0, 0.1) is 5.92 Å². The lowest BCUT2D eigenvalue weighted by Crippen LogP contribution is -2.41. The van der Waals surface area contributed by atoms with E-state index in [-0.39, 0.29) is 11.8 Å². The molecule has 0 aromatic rings. The predicted octanol–water partition coefficient (Wildman–Crippen LogP) is 1.24. The number of piperidine rings is 1. The number of likely N-dealkylation sites (tertiary alicyclic amines) is 1. The molecule has 1 N–H and O–H groups in total. The molecule has 3 heteroatoms. The second-order valence-corrected chi connectivity index (χ2v) is 4.40. The van der Waals surface area contributed by atoms with E-state index in [0.29, 0.717) is 6.04 Å². The van der Waals surface area contributed by atoms with E-state index in [1.54, 1.807) is 0 Å². The molecule has 0 bridgehead atoms. The summed E-state index contributed by atoms with van der Waals surface area (Å²) >= 11 is 0. The summed E-state index contributed by atoms with van der Waals surface area (Å²) in [5.74, 6) is 0.507. The minimum Gasteiger partial charge on any atom is -0.353 e. The Morgan fingerprint density at radius 3 is 2.57 bits per heavy atom. The van der Waals surface area contributed by atoms with E-state index >= 15 is 0 Å². The van der Waals surface area contributed by atoms with E-state index in [1.807, 2.05) is 0 Å². The lowest BCUT2D eigenvalue weighted by atomic mass is 9.96. The van der Waals surface area contributed by atoms with Crippen molar-refractivity contribution in [2.24, 2.45) is 5.92 Å². The fraction of sp³-hybridized carbons (Fsp3) is 0.909. The summed E-state index contributed by atoms with van der Waals surface area (Å²) < 4.78 is 0. The van der Waals surface area contributed by atoms with Gasteiger partial charge in [0.25, 0.3) is 0 Å². The molecule has 1 aliphatic rings. The maximum Gasteiger partial charge on any atom is 0.223 e. The van der Waals surface area contributed by atoms with Crippen molar-refractivity contribution in [3.05, 3.63) is 0 Å². The number of hydrogen-bond donors (Lipinski definition) is 1. The van der Waals surface area contributed by atoms with Crippen LogP contribution >= 0.6 is 0 Å².